The molecule has 4 nitrogen and oxygen atoms in total. The number of ether oxygens (including phenoxy) is 1. The molecule has 0 bridgehead atoms. The third kappa shape index (κ3) is 5.37. The molecule has 0 aliphatic carbocycles. The Labute approximate surface area is 138 Å². The molecule has 2 aromatic carbocycles. The van der Waals surface area contributed by atoms with E-state index in [-0.39, 0.29) is 5.75 Å². The Kier molecular flexibility index (Phi) is 5.80. The van der Waals surface area contributed by atoms with Gasteiger partial charge in [0.1, 0.15) is 5.75 Å². The van der Waals surface area contributed by atoms with Crippen LogP contribution in [0.3, 0.4) is 0 Å². The molecule has 0 amide bonds. The minimum Gasteiger partial charge on any atom is -0.496 e. The number of benzene rings is 2. The lowest BCUT2D eigenvalue weighted by atomic mass is 10.1. The number of hydrogen-bond donors (Lipinski definition) is 1. The van der Waals surface area contributed by atoms with E-state index in [2.05, 4.69) is 4.72 Å². The van der Waals surface area contributed by atoms with E-state index < -0.39 is 10.0 Å². The number of methoxy groups -OCH3 is 1. The van der Waals surface area contributed by atoms with Crippen molar-refractivity contribution in [3.05, 3.63) is 64.7 Å². The standard InChI is InChI=1S/C18H23NO3S/c1-14-5-4-6-16(11-14)13-23(20,21)19-10-9-17-12-15(2)7-8-18(17)22-3/h4-8,11-12,19H,9-10,13H2,1-3H3. The van der Waals surface area contributed by atoms with Crippen molar-refractivity contribution < 1.29 is 13.2 Å². The number of aryl methyl sites for hydroxylation is 2. The second kappa shape index (κ2) is 7.62. The van der Waals surface area contributed by atoms with Crippen LogP contribution in [-0.4, -0.2) is 22.1 Å². The molecule has 0 spiro atoms. The Morgan fingerprint density at radius 1 is 1.04 bits per heavy atom. The van der Waals surface area contributed by atoms with Crippen molar-refractivity contribution in [3.63, 3.8) is 0 Å². The van der Waals surface area contributed by atoms with Gasteiger partial charge in [-0.05, 0) is 37.5 Å². The maximum Gasteiger partial charge on any atom is 0.215 e. The van der Waals surface area contributed by atoms with Gasteiger partial charge in [-0.15, -0.1) is 0 Å². The molecule has 0 unspecified atom stereocenters. The van der Waals surface area contributed by atoms with E-state index in [1.54, 1.807) is 7.11 Å². The fraction of sp³-hybridized carbons (Fsp3) is 0.333. The van der Waals surface area contributed by atoms with Crippen LogP contribution in [0.1, 0.15) is 22.3 Å². The Morgan fingerprint density at radius 2 is 1.78 bits per heavy atom. The van der Waals surface area contributed by atoms with E-state index in [9.17, 15) is 8.42 Å². The molecule has 5 heteroatoms. The molecular weight excluding hydrogens is 310 g/mol. The van der Waals surface area contributed by atoms with Crippen LogP contribution in [0, 0.1) is 13.8 Å². The van der Waals surface area contributed by atoms with Crippen LogP contribution in [0.2, 0.25) is 0 Å². The average molecular weight is 333 g/mol. The summed E-state index contributed by atoms with van der Waals surface area (Å²) in [6, 6.07) is 13.5. The van der Waals surface area contributed by atoms with Crippen molar-refractivity contribution in [2.45, 2.75) is 26.0 Å². The molecule has 1 N–H and O–H groups in total. The predicted molar refractivity (Wildman–Crippen MR) is 93.2 cm³/mol. The van der Waals surface area contributed by atoms with Gasteiger partial charge in [-0.1, -0.05) is 47.5 Å². The first-order valence-electron chi connectivity index (χ1n) is 7.56. The summed E-state index contributed by atoms with van der Waals surface area (Å²) < 4.78 is 32.3. The van der Waals surface area contributed by atoms with Gasteiger partial charge in [0.15, 0.2) is 0 Å². The van der Waals surface area contributed by atoms with E-state index in [4.69, 9.17) is 4.74 Å². The van der Waals surface area contributed by atoms with Crippen LogP contribution in [0.4, 0.5) is 0 Å². The molecule has 0 saturated heterocycles. The summed E-state index contributed by atoms with van der Waals surface area (Å²) in [6.07, 6.45) is 0.595. The molecule has 0 atom stereocenters. The summed E-state index contributed by atoms with van der Waals surface area (Å²) in [5.41, 5.74) is 3.99. The average Bonchev–Trinajstić information content (AvgIpc) is 2.46. The highest BCUT2D eigenvalue weighted by atomic mass is 32.2. The van der Waals surface area contributed by atoms with Crippen molar-refractivity contribution in [3.8, 4) is 5.75 Å². The Balaban J connectivity index is 1.96. The topological polar surface area (TPSA) is 55.4 Å². The highest BCUT2D eigenvalue weighted by Gasteiger charge is 2.12. The number of hydrogen-bond acceptors (Lipinski definition) is 3. The summed E-state index contributed by atoms with van der Waals surface area (Å²) in [6.45, 7) is 4.31. The summed E-state index contributed by atoms with van der Waals surface area (Å²) in [5.74, 6) is 0.785. The Morgan fingerprint density at radius 3 is 2.48 bits per heavy atom. The molecule has 0 saturated carbocycles. The van der Waals surface area contributed by atoms with Crippen LogP contribution in [0.25, 0.3) is 0 Å². The Hall–Kier alpha value is -1.85. The van der Waals surface area contributed by atoms with Gasteiger partial charge in [0.05, 0.1) is 12.9 Å². The largest absolute Gasteiger partial charge is 0.496 e. The molecule has 0 aliphatic rings. The molecule has 0 aliphatic heterocycles. The fourth-order valence-corrected chi connectivity index (χ4v) is 3.65. The zero-order valence-electron chi connectivity index (χ0n) is 13.8. The van der Waals surface area contributed by atoms with Crippen LogP contribution in [0.5, 0.6) is 5.75 Å². The third-order valence-corrected chi connectivity index (χ3v) is 4.95. The molecule has 0 fully saturated rings. The van der Waals surface area contributed by atoms with Gasteiger partial charge in [0.25, 0.3) is 0 Å². The van der Waals surface area contributed by atoms with Gasteiger partial charge in [0.2, 0.25) is 10.0 Å². The van der Waals surface area contributed by atoms with Crippen molar-refractivity contribution in [2.75, 3.05) is 13.7 Å². The zero-order chi connectivity index (χ0) is 16.9. The normalized spacial score (nSPS) is 11.4. The van der Waals surface area contributed by atoms with Gasteiger partial charge in [-0.25, -0.2) is 13.1 Å². The first kappa shape index (κ1) is 17.5. The summed E-state index contributed by atoms with van der Waals surface area (Å²) in [5, 5.41) is 0. The molecule has 0 heterocycles. The SMILES string of the molecule is COc1ccc(C)cc1CCNS(=O)(=O)Cc1cccc(C)c1. The number of sulfonamides is 1. The summed E-state index contributed by atoms with van der Waals surface area (Å²) >= 11 is 0. The Bertz CT molecular complexity index is 770. The van der Waals surface area contributed by atoms with Gasteiger partial charge >= 0.3 is 0 Å². The van der Waals surface area contributed by atoms with E-state index in [1.165, 1.54) is 0 Å². The van der Waals surface area contributed by atoms with Crippen molar-refractivity contribution >= 4 is 10.0 Å². The van der Waals surface area contributed by atoms with Gasteiger partial charge in [-0.3, -0.25) is 0 Å². The quantitative estimate of drug-likeness (QED) is 0.847. The predicted octanol–water partition coefficient (Wildman–Crippen LogP) is 2.97. The van der Waals surface area contributed by atoms with Crippen molar-refractivity contribution in [2.24, 2.45) is 0 Å². The molecular formula is C18H23NO3S. The summed E-state index contributed by atoms with van der Waals surface area (Å²) in [4.78, 5) is 0. The van der Waals surface area contributed by atoms with Crippen LogP contribution >= 0.6 is 0 Å². The molecule has 124 valence electrons. The monoisotopic (exact) mass is 333 g/mol. The smallest absolute Gasteiger partial charge is 0.215 e. The van der Waals surface area contributed by atoms with E-state index >= 15 is 0 Å². The van der Waals surface area contributed by atoms with Crippen LogP contribution in [0.15, 0.2) is 42.5 Å². The first-order chi connectivity index (χ1) is 10.9. The lowest BCUT2D eigenvalue weighted by Crippen LogP contribution is -2.27. The van der Waals surface area contributed by atoms with Crippen LogP contribution in [-0.2, 0) is 22.2 Å². The van der Waals surface area contributed by atoms with E-state index in [0.29, 0.717) is 13.0 Å². The van der Waals surface area contributed by atoms with E-state index in [0.717, 1.165) is 28.0 Å². The minimum atomic E-state index is -3.34. The fourth-order valence-electron chi connectivity index (χ4n) is 2.52. The lowest BCUT2D eigenvalue weighted by molar-refractivity contribution is 0.409. The molecule has 2 aromatic rings. The van der Waals surface area contributed by atoms with Gasteiger partial charge < -0.3 is 4.74 Å². The zero-order valence-corrected chi connectivity index (χ0v) is 14.6. The molecule has 23 heavy (non-hydrogen) atoms. The summed E-state index contributed by atoms with van der Waals surface area (Å²) in [7, 11) is -1.72. The molecule has 0 radical (unpaired) electrons. The van der Waals surface area contributed by atoms with Crippen LogP contribution < -0.4 is 9.46 Å². The maximum absolute atomic E-state index is 12.2. The number of rotatable bonds is 7. The highest BCUT2D eigenvalue weighted by Crippen LogP contribution is 2.20. The second-order valence-electron chi connectivity index (χ2n) is 5.71. The first-order valence-corrected chi connectivity index (χ1v) is 9.21. The molecule has 2 rings (SSSR count). The van der Waals surface area contributed by atoms with Crippen molar-refractivity contribution in [1.82, 2.24) is 4.72 Å². The number of nitrogens with one attached hydrogen (secondary N) is 1. The second-order valence-corrected chi connectivity index (χ2v) is 7.51. The molecule has 0 aromatic heterocycles. The maximum atomic E-state index is 12.2. The minimum absolute atomic E-state index is 0.000365. The lowest BCUT2D eigenvalue weighted by Gasteiger charge is -2.11. The van der Waals surface area contributed by atoms with E-state index in [1.807, 2.05) is 56.3 Å². The third-order valence-electron chi connectivity index (χ3n) is 3.59. The van der Waals surface area contributed by atoms with Crippen molar-refractivity contribution in [1.29, 1.82) is 0 Å². The van der Waals surface area contributed by atoms with Gasteiger partial charge in [-0.2, -0.15) is 0 Å². The van der Waals surface area contributed by atoms with Gasteiger partial charge in [0, 0.05) is 6.54 Å². The highest BCUT2D eigenvalue weighted by molar-refractivity contribution is 7.88.